The first-order chi connectivity index (χ1) is 10.8. The number of alkyl halides is 3. The predicted octanol–water partition coefficient (Wildman–Crippen LogP) is 3.01. The maximum absolute atomic E-state index is 12.1. The number of aliphatic hydroxyl groups is 1. The Hall–Kier alpha value is -1.96. The summed E-state index contributed by atoms with van der Waals surface area (Å²) in [5.41, 5.74) is 5.41. The molecule has 128 valence electrons. The van der Waals surface area contributed by atoms with Crippen molar-refractivity contribution in [2.45, 2.75) is 44.1 Å². The van der Waals surface area contributed by atoms with Crippen molar-refractivity contribution in [1.29, 1.82) is 0 Å². The van der Waals surface area contributed by atoms with Crippen LogP contribution in [0.5, 0.6) is 5.75 Å². The molecule has 2 rings (SSSR count). The van der Waals surface area contributed by atoms with E-state index in [0.717, 1.165) is 19.3 Å². The third kappa shape index (κ3) is 5.97. The van der Waals surface area contributed by atoms with Gasteiger partial charge in [0.15, 0.2) is 5.96 Å². The Morgan fingerprint density at radius 1 is 1.22 bits per heavy atom. The molecule has 1 aliphatic rings. The van der Waals surface area contributed by atoms with Gasteiger partial charge in [0, 0.05) is 5.69 Å². The second-order valence-electron chi connectivity index (χ2n) is 5.68. The molecule has 0 aliphatic heterocycles. The number of benzene rings is 1. The van der Waals surface area contributed by atoms with Crippen LogP contribution >= 0.6 is 0 Å². The molecular formula is C15H20F3N3O2. The van der Waals surface area contributed by atoms with Gasteiger partial charge in [-0.05, 0) is 37.1 Å². The van der Waals surface area contributed by atoms with Crippen LogP contribution in [0.15, 0.2) is 29.3 Å². The molecular weight excluding hydrogens is 311 g/mol. The topological polar surface area (TPSA) is 79.9 Å². The molecule has 1 aromatic rings. The summed E-state index contributed by atoms with van der Waals surface area (Å²) < 4.78 is 40.0. The van der Waals surface area contributed by atoms with Crippen LogP contribution in [-0.2, 0) is 0 Å². The monoisotopic (exact) mass is 331 g/mol. The van der Waals surface area contributed by atoms with E-state index in [4.69, 9.17) is 5.73 Å². The zero-order valence-corrected chi connectivity index (χ0v) is 12.6. The second kappa shape index (κ2) is 7.08. The highest BCUT2D eigenvalue weighted by molar-refractivity contribution is 5.92. The van der Waals surface area contributed by atoms with E-state index in [1.54, 1.807) is 0 Å². The number of nitrogens with two attached hydrogens (primary N) is 1. The molecule has 0 bridgehead atoms. The predicted molar refractivity (Wildman–Crippen MR) is 81.3 cm³/mol. The normalized spacial score (nSPS) is 18.5. The summed E-state index contributed by atoms with van der Waals surface area (Å²) in [6.07, 6.45) is -0.252. The van der Waals surface area contributed by atoms with E-state index in [2.05, 4.69) is 15.0 Å². The summed E-state index contributed by atoms with van der Waals surface area (Å²) in [5, 5.41) is 13.1. The van der Waals surface area contributed by atoms with Gasteiger partial charge in [0.2, 0.25) is 0 Å². The molecule has 1 aliphatic carbocycles. The molecule has 5 nitrogen and oxygen atoms in total. The van der Waals surface area contributed by atoms with Gasteiger partial charge in [-0.25, -0.2) is 0 Å². The fourth-order valence-electron chi connectivity index (χ4n) is 2.53. The molecule has 0 amide bonds. The number of halogens is 3. The Bertz CT molecular complexity index is 538. The Labute approximate surface area is 132 Å². The first-order valence-corrected chi connectivity index (χ1v) is 7.41. The molecule has 1 saturated carbocycles. The molecule has 0 unspecified atom stereocenters. The molecule has 4 N–H and O–H groups in total. The van der Waals surface area contributed by atoms with Crippen molar-refractivity contribution in [2.75, 3.05) is 11.9 Å². The summed E-state index contributed by atoms with van der Waals surface area (Å²) in [6, 6.07) is 5.16. The maximum Gasteiger partial charge on any atom is 0.573 e. The number of nitrogens with zero attached hydrogens (tertiary/aromatic N) is 1. The van der Waals surface area contributed by atoms with E-state index in [-0.39, 0.29) is 18.3 Å². The number of guanidine groups is 1. The average molecular weight is 331 g/mol. The van der Waals surface area contributed by atoms with Gasteiger partial charge in [0.25, 0.3) is 0 Å². The third-order valence-corrected chi connectivity index (χ3v) is 3.69. The summed E-state index contributed by atoms with van der Waals surface area (Å²) in [4.78, 5) is 4.12. The quantitative estimate of drug-likeness (QED) is 0.585. The standard InChI is InChI=1S/C15H20F3N3O2/c16-15(17,18)23-12-6-4-11(5-7-12)21-13(19)20-10-14(22)8-2-1-3-9-14/h4-7,22H,1-3,8-10H2,(H3,19,20,21). The largest absolute Gasteiger partial charge is 0.573 e. The first kappa shape index (κ1) is 17.4. The van der Waals surface area contributed by atoms with Crippen molar-refractivity contribution < 1.29 is 23.0 Å². The van der Waals surface area contributed by atoms with Gasteiger partial charge < -0.3 is 20.9 Å². The zero-order valence-electron chi connectivity index (χ0n) is 12.6. The number of hydrogen-bond donors (Lipinski definition) is 3. The molecule has 0 atom stereocenters. The number of rotatable bonds is 4. The van der Waals surface area contributed by atoms with Gasteiger partial charge in [0.05, 0.1) is 12.1 Å². The van der Waals surface area contributed by atoms with Crippen LogP contribution in [-0.4, -0.2) is 29.6 Å². The first-order valence-electron chi connectivity index (χ1n) is 7.41. The van der Waals surface area contributed by atoms with E-state index < -0.39 is 12.0 Å². The fourth-order valence-corrected chi connectivity index (χ4v) is 2.53. The van der Waals surface area contributed by atoms with Crippen molar-refractivity contribution in [1.82, 2.24) is 0 Å². The third-order valence-electron chi connectivity index (χ3n) is 3.69. The van der Waals surface area contributed by atoms with Gasteiger partial charge in [-0.1, -0.05) is 19.3 Å². The molecule has 0 saturated heterocycles. The van der Waals surface area contributed by atoms with E-state index in [1.807, 2.05) is 0 Å². The Balaban J connectivity index is 1.89. The van der Waals surface area contributed by atoms with Gasteiger partial charge >= 0.3 is 6.36 Å². The van der Waals surface area contributed by atoms with Crippen molar-refractivity contribution in [3.8, 4) is 5.75 Å². The highest BCUT2D eigenvalue weighted by atomic mass is 19.4. The molecule has 0 radical (unpaired) electrons. The van der Waals surface area contributed by atoms with Crippen molar-refractivity contribution in [2.24, 2.45) is 10.7 Å². The lowest BCUT2D eigenvalue weighted by Gasteiger charge is -2.30. The minimum atomic E-state index is -4.72. The van der Waals surface area contributed by atoms with Gasteiger partial charge in [-0.15, -0.1) is 13.2 Å². The van der Waals surface area contributed by atoms with Crippen molar-refractivity contribution in [3.05, 3.63) is 24.3 Å². The molecule has 0 aromatic heterocycles. The Kier molecular flexibility index (Phi) is 5.35. The molecule has 1 aromatic carbocycles. The van der Waals surface area contributed by atoms with Crippen LogP contribution in [0.2, 0.25) is 0 Å². The number of ether oxygens (including phenoxy) is 1. The highest BCUT2D eigenvalue weighted by Gasteiger charge is 2.31. The van der Waals surface area contributed by atoms with Crippen LogP contribution in [0.25, 0.3) is 0 Å². The van der Waals surface area contributed by atoms with Crippen molar-refractivity contribution >= 4 is 11.6 Å². The Morgan fingerprint density at radius 2 is 1.83 bits per heavy atom. The van der Waals surface area contributed by atoms with E-state index in [1.165, 1.54) is 24.3 Å². The molecule has 8 heteroatoms. The number of hydrogen-bond acceptors (Lipinski definition) is 3. The summed E-state index contributed by atoms with van der Waals surface area (Å²) >= 11 is 0. The Morgan fingerprint density at radius 3 is 2.39 bits per heavy atom. The van der Waals surface area contributed by atoms with Crippen LogP contribution in [0.4, 0.5) is 18.9 Å². The highest BCUT2D eigenvalue weighted by Crippen LogP contribution is 2.28. The molecule has 23 heavy (non-hydrogen) atoms. The molecule has 0 heterocycles. The smallest absolute Gasteiger partial charge is 0.406 e. The summed E-state index contributed by atoms with van der Waals surface area (Å²) in [5.74, 6) is -0.205. The average Bonchev–Trinajstić information content (AvgIpc) is 2.47. The lowest BCUT2D eigenvalue weighted by molar-refractivity contribution is -0.274. The van der Waals surface area contributed by atoms with Gasteiger partial charge in [0.1, 0.15) is 5.75 Å². The summed E-state index contributed by atoms with van der Waals surface area (Å²) in [6.45, 7) is 0.209. The SMILES string of the molecule is NC(=NCC1(O)CCCCC1)Nc1ccc(OC(F)(F)F)cc1. The zero-order chi connectivity index (χ0) is 16.9. The number of anilines is 1. The maximum atomic E-state index is 12.1. The molecule has 1 fully saturated rings. The second-order valence-corrected chi connectivity index (χ2v) is 5.68. The van der Waals surface area contributed by atoms with E-state index in [9.17, 15) is 18.3 Å². The van der Waals surface area contributed by atoms with Crippen LogP contribution < -0.4 is 15.8 Å². The van der Waals surface area contributed by atoms with Crippen LogP contribution in [0, 0.1) is 0 Å². The number of aliphatic imine (C=N–C) groups is 1. The van der Waals surface area contributed by atoms with E-state index >= 15 is 0 Å². The van der Waals surface area contributed by atoms with Gasteiger partial charge in [-0.3, -0.25) is 4.99 Å². The molecule has 0 spiro atoms. The number of nitrogens with one attached hydrogen (secondary N) is 1. The lowest BCUT2D eigenvalue weighted by atomic mass is 9.85. The van der Waals surface area contributed by atoms with Gasteiger partial charge in [-0.2, -0.15) is 0 Å². The minimum absolute atomic E-state index is 0.105. The van der Waals surface area contributed by atoms with E-state index in [0.29, 0.717) is 18.5 Å². The summed E-state index contributed by atoms with van der Waals surface area (Å²) in [7, 11) is 0. The minimum Gasteiger partial charge on any atom is -0.406 e. The fraction of sp³-hybridized carbons (Fsp3) is 0.533. The lowest BCUT2D eigenvalue weighted by Crippen LogP contribution is -2.36. The van der Waals surface area contributed by atoms with Crippen molar-refractivity contribution in [3.63, 3.8) is 0 Å². The van der Waals surface area contributed by atoms with Crippen LogP contribution in [0.3, 0.4) is 0 Å². The van der Waals surface area contributed by atoms with Crippen LogP contribution in [0.1, 0.15) is 32.1 Å².